The van der Waals surface area contributed by atoms with Gasteiger partial charge in [-0.05, 0) is 26.2 Å². The highest BCUT2D eigenvalue weighted by molar-refractivity contribution is 4.85. The predicted octanol–water partition coefficient (Wildman–Crippen LogP) is 2.28. The summed E-state index contributed by atoms with van der Waals surface area (Å²) in [6.07, 6.45) is 3.54. The van der Waals surface area contributed by atoms with Crippen LogP contribution in [-0.2, 0) is 4.74 Å². The van der Waals surface area contributed by atoms with Gasteiger partial charge in [-0.15, -0.1) is 0 Å². The Labute approximate surface area is 106 Å². The Kier molecular flexibility index (Phi) is 5.90. The lowest BCUT2D eigenvalue weighted by Crippen LogP contribution is -2.53. The second-order valence-electron chi connectivity index (χ2n) is 5.50. The maximum Gasteiger partial charge on any atom is 0.0674 e. The van der Waals surface area contributed by atoms with Gasteiger partial charge in [-0.1, -0.05) is 20.8 Å². The first-order valence-corrected chi connectivity index (χ1v) is 7.07. The van der Waals surface area contributed by atoms with E-state index in [4.69, 9.17) is 4.74 Å². The minimum atomic E-state index is 0.0739. The molecule has 17 heavy (non-hydrogen) atoms. The van der Waals surface area contributed by atoms with Crippen LogP contribution in [0.5, 0.6) is 0 Å². The van der Waals surface area contributed by atoms with Gasteiger partial charge in [0.2, 0.25) is 0 Å². The molecule has 0 aromatic carbocycles. The van der Waals surface area contributed by atoms with E-state index in [-0.39, 0.29) is 5.41 Å². The van der Waals surface area contributed by atoms with Crippen LogP contribution < -0.4 is 0 Å². The maximum absolute atomic E-state index is 9.67. The number of morpholine rings is 1. The molecule has 1 heterocycles. The van der Waals surface area contributed by atoms with Gasteiger partial charge in [0.1, 0.15) is 0 Å². The van der Waals surface area contributed by atoms with Gasteiger partial charge in [-0.3, -0.25) is 4.90 Å². The van der Waals surface area contributed by atoms with Crippen LogP contribution in [0.1, 0.15) is 47.0 Å². The highest BCUT2D eigenvalue weighted by Gasteiger charge is 2.33. The minimum absolute atomic E-state index is 0.0739. The van der Waals surface area contributed by atoms with Gasteiger partial charge in [-0.25, -0.2) is 0 Å². The summed E-state index contributed by atoms with van der Waals surface area (Å²) in [5.74, 6) is 0. The molecule has 1 rings (SSSR count). The molecule has 3 nitrogen and oxygen atoms in total. The zero-order valence-electron chi connectivity index (χ0n) is 11.9. The van der Waals surface area contributed by atoms with Crippen molar-refractivity contribution in [3.63, 3.8) is 0 Å². The molecule has 2 unspecified atom stereocenters. The van der Waals surface area contributed by atoms with Crippen LogP contribution in [0.15, 0.2) is 0 Å². The first-order chi connectivity index (χ1) is 8.10. The van der Waals surface area contributed by atoms with Crippen LogP contribution in [0.2, 0.25) is 0 Å². The van der Waals surface area contributed by atoms with Crippen molar-refractivity contribution >= 4 is 0 Å². The first kappa shape index (κ1) is 14.9. The fourth-order valence-corrected chi connectivity index (χ4v) is 2.66. The monoisotopic (exact) mass is 243 g/mol. The SMILES string of the molecule is CCC1COC(C)CN1CC(CC)(CC)CO. The lowest BCUT2D eigenvalue weighted by atomic mass is 9.82. The Morgan fingerprint density at radius 2 is 1.94 bits per heavy atom. The number of hydrogen-bond donors (Lipinski definition) is 1. The molecule has 0 saturated carbocycles. The summed E-state index contributed by atoms with van der Waals surface area (Å²) in [6, 6.07) is 0.523. The van der Waals surface area contributed by atoms with Crippen LogP contribution in [0.25, 0.3) is 0 Å². The van der Waals surface area contributed by atoms with Gasteiger partial charge in [-0.2, -0.15) is 0 Å². The van der Waals surface area contributed by atoms with E-state index in [0.29, 0.717) is 18.8 Å². The van der Waals surface area contributed by atoms with Gasteiger partial charge in [0.05, 0.1) is 12.7 Å². The van der Waals surface area contributed by atoms with Gasteiger partial charge in [0.25, 0.3) is 0 Å². The van der Waals surface area contributed by atoms with Gasteiger partial charge in [0, 0.05) is 31.2 Å². The van der Waals surface area contributed by atoms with Crippen molar-refractivity contribution in [2.45, 2.75) is 59.1 Å². The summed E-state index contributed by atoms with van der Waals surface area (Å²) in [7, 11) is 0. The van der Waals surface area contributed by atoms with Crippen molar-refractivity contribution in [2.24, 2.45) is 5.41 Å². The third kappa shape index (κ3) is 3.67. The van der Waals surface area contributed by atoms with Crippen molar-refractivity contribution in [2.75, 3.05) is 26.3 Å². The largest absolute Gasteiger partial charge is 0.396 e. The van der Waals surface area contributed by atoms with Crippen LogP contribution in [-0.4, -0.2) is 48.5 Å². The second kappa shape index (κ2) is 6.72. The Balaban J connectivity index is 2.68. The lowest BCUT2D eigenvalue weighted by molar-refractivity contribution is -0.0760. The zero-order valence-corrected chi connectivity index (χ0v) is 11.9. The third-order valence-electron chi connectivity index (χ3n) is 4.43. The van der Waals surface area contributed by atoms with E-state index in [2.05, 4.69) is 32.6 Å². The Morgan fingerprint density at radius 3 is 2.41 bits per heavy atom. The Morgan fingerprint density at radius 1 is 1.29 bits per heavy atom. The topological polar surface area (TPSA) is 32.7 Å². The fraction of sp³-hybridized carbons (Fsp3) is 1.00. The minimum Gasteiger partial charge on any atom is -0.396 e. The Hall–Kier alpha value is -0.120. The fourth-order valence-electron chi connectivity index (χ4n) is 2.66. The molecule has 0 bridgehead atoms. The number of ether oxygens (including phenoxy) is 1. The van der Waals surface area contributed by atoms with Crippen LogP contribution >= 0.6 is 0 Å². The summed E-state index contributed by atoms with van der Waals surface area (Å²) in [5.41, 5.74) is 0.0739. The summed E-state index contributed by atoms with van der Waals surface area (Å²) >= 11 is 0. The number of rotatable bonds is 6. The Bertz CT molecular complexity index is 208. The average molecular weight is 243 g/mol. The molecular formula is C14H29NO2. The van der Waals surface area contributed by atoms with Crippen molar-refractivity contribution in [1.29, 1.82) is 0 Å². The molecular weight excluding hydrogens is 214 g/mol. The average Bonchev–Trinajstić information content (AvgIpc) is 2.36. The molecule has 0 aromatic rings. The third-order valence-corrected chi connectivity index (χ3v) is 4.43. The smallest absolute Gasteiger partial charge is 0.0674 e. The molecule has 2 atom stereocenters. The van der Waals surface area contributed by atoms with Crippen molar-refractivity contribution in [1.82, 2.24) is 4.90 Å². The standard InChI is InChI=1S/C14H29NO2/c1-5-13-9-17-12(4)8-15(13)10-14(6-2,7-3)11-16/h12-13,16H,5-11H2,1-4H3. The van der Waals surface area contributed by atoms with E-state index in [1.807, 2.05) is 0 Å². The predicted molar refractivity (Wildman–Crippen MR) is 71.2 cm³/mol. The normalized spacial score (nSPS) is 27.4. The summed E-state index contributed by atoms with van der Waals surface area (Å²) in [6.45, 7) is 11.9. The highest BCUT2D eigenvalue weighted by Crippen LogP contribution is 2.29. The molecule has 102 valence electrons. The van der Waals surface area contributed by atoms with E-state index in [1.54, 1.807) is 0 Å². The highest BCUT2D eigenvalue weighted by atomic mass is 16.5. The summed E-state index contributed by atoms with van der Waals surface area (Å²) in [5, 5.41) is 9.67. The number of hydrogen-bond acceptors (Lipinski definition) is 3. The quantitative estimate of drug-likeness (QED) is 0.777. The maximum atomic E-state index is 9.67. The van der Waals surface area contributed by atoms with E-state index < -0.39 is 0 Å². The molecule has 0 spiro atoms. The molecule has 0 aliphatic carbocycles. The molecule has 1 saturated heterocycles. The lowest BCUT2D eigenvalue weighted by Gasteiger charge is -2.43. The van der Waals surface area contributed by atoms with Crippen LogP contribution in [0.3, 0.4) is 0 Å². The molecule has 1 fully saturated rings. The molecule has 3 heteroatoms. The van der Waals surface area contributed by atoms with Crippen molar-refractivity contribution in [3.05, 3.63) is 0 Å². The summed E-state index contributed by atoms with van der Waals surface area (Å²) in [4.78, 5) is 2.53. The number of aliphatic hydroxyl groups excluding tert-OH is 1. The number of aliphatic hydroxyl groups is 1. The van der Waals surface area contributed by atoms with Gasteiger partial charge < -0.3 is 9.84 Å². The van der Waals surface area contributed by atoms with Crippen molar-refractivity contribution < 1.29 is 9.84 Å². The molecule has 1 aliphatic heterocycles. The summed E-state index contributed by atoms with van der Waals surface area (Å²) < 4.78 is 5.72. The van der Waals surface area contributed by atoms with E-state index in [0.717, 1.165) is 39.0 Å². The molecule has 0 radical (unpaired) electrons. The van der Waals surface area contributed by atoms with Crippen LogP contribution in [0.4, 0.5) is 0 Å². The van der Waals surface area contributed by atoms with Gasteiger partial charge >= 0.3 is 0 Å². The van der Waals surface area contributed by atoms with Crippen molar-refractivity contribution in [3.8, 4) is 0 Å². The molecule has 0 amide bonds. The zero-order chi connectivity index (χ0) is 12.9. The first-order valence-electron chi connectivity index (χ1n) is 7.07. The molecule has 1 N–H and O–H groups in total. The second-order valence-corrected chi connectivity index (χ2v) is 5.50. The van der Waals surface area contributed by atoms with E-state index in [9.17, 15) is 5.11 Å². The van der Waals surface area contributed by atoms with E-state index >= 15 is 0 Å². The van der Waals surface area contributed by atoms with E-state index in [1.165, 1.54) is 0 Å². The van der Waals surface area contributed by atoms with Crippen LogP contribution in [0, 0.1) is 5.41 Å². The number of nitrogens with zero attached hydrogens (tertiary/aromatic N) is 1. The van der Waals surface area contributed by atoms with Gasteiger partial charge in [0.15, 0.2) is 0 Å². The molecule has 0 aromatic heterocycles. The molecule has 1 aliphatic rings.